The maximum Gasteiger partial charge on any atom is 0.320 e. The topological polar surface area (TPSA) is 52.6 Å². The molecule has 0 N–H and O–H groups in total. The first-order valence-electron chi connectivity index (χ1n) is 6.65. The first-order valence-corrected chi connectivity index (χ1v) is 7.95. The molecule has 0 saturated carbocycles. The molecule has 0 bridgehead atoms. The van der Waals surface area contributed by atoms with Crippen LogP contribution in [0.3, 0.4) is 0 Å². The number of carbonyl (C=O) groups excluding carboxylic acids is 2. The van der Waals surface area contributed by atoms with E-state index in [0.29, 0.717) is 10.6 Å². The van der Waals surface area contributed by atoms with Gasteiger partial charge in [-0.2, -0.15) is 0 Å². The summed E-state index contributed by atoms with van der Waals surface area (Å²) in [7, 11) is 0. The lowest BCUT2D eigenvalue weighted by Crippen LogP contribution is -2.31. The molecule has 2 atom stereocenters. The predicted molar refractivity (Wildman–Crippen MR) is 84.9 cm³/mol. The van der Waals surface area contributed by atoms with Crippen LogP contribution in [0, 0.1) is 6.92 Å². The number of halogens is 2. The molecule has 1 aromatic rings. The summed E-state index contributed by atoms with van der Waals surface area (Å²) >= 11 is 9.34. The Morgan fingerprint density at radius 1 is 1.19 bits per heavy atom. The molecule has 0 aromatic heterocycles. The minimum Gasteiger partial charge on any atom is -0.465 e. The molecular formula is C15H18BrClO4. The van der Waals surface area contributed by atoms with Gasteiger partial charge in [0.1, 0.15) is 10.7 Å². The molecular weight excluding hydrogens is 360 g/mol. The fraction of sp³-hybridized carbons (Fsp3) is 0.467. The SMILES string of the molecule is CCOC(=O)[C@H](Br)[C@@H](C(=O)OCC)c1ccc(C)c(Cl)c1. The molecule has 0 radical (unpaired) electrons. The molecule has 6 heteroatoms. The zero-order valence-corrected chi connectivity index (χ0v) is 14.5. The molecule has 0 aliphatic heterocycles. The normalized spacial score (nSPS) is 13.4. The van der Waals surface area contributed by atoms with Crippen LogP contribution >= 0.6 is 27.5 Å². The van der Waals surface area contributed by atoms with Crippen LogP contribution in [0.1, 0.15) is 30.9 Å². The van der Waals surface area contributed by atoms with Crippen LogP contribution in [0.25, 0.3) is 0 Å². The van der Waals surface area contributed by atoms with Crippen LogP contribution in [0.15, 0.2) is 18.2 Å². The Morgan fingerprint density at radius 2 is 1.76 bits per heavy atom. The molecule has 0 saturated heterocycles. The quantitative estimate of drug-likeness (QED) is 0.561. The van der Waals surface area contributed by atoms with E-state index in [1.807, 2.05) is 6.92 Å². The highest BCUT2D eigenvalue weighted by atomic mass is 79.9. The molecule has 21 heavy (non-hydrogen) atoms. The summed E-state index contributed by atoms with van der Waals surface area (Å²) in [5.74, 6) is -1.80. The van der Waals surface area contributed by atoms with Gasteiger partial charge in [0.05, 0.1) is 13.2 Å². The summed E-state index contributed by atoms with van der Waals surface area (Å²) in [5.41, 5.74) is 1.50. The van der Waals surface area contributed by atoms with E-state index in [1.54, 1.807) is 32.0 Å². The second kappa shape index (κ2) is 8.39. The van der Waals surface area contributed by atoms with Gasteiger partial charge in [-0.25, -0.2) is 0 Å². The summed E-state index contributed by atoms with van der Waals surface area (Å²) in [6.45, 7) is 5.76. The first-order chi connectivity index (χ1) is 9.92. The number of ether oxygens (including phenoxy) is 2. The zero-order chi connectivity index (χ0) is 16.0. The van der Waals surface area contributed by atoms with E-state index in [4.69, 9.17) is 21.1 Å². The van der Waals surface area contributed by atoms with Crippen molar-refractivity contribution in [2.75, 3.05) is 13.2 Å². The summed E-state index contributed by atoms with van der Waals surface area (Å²) in [5, 5.41) is 0.533. The van der Waals surface area contributed by atoms with Gasteiger partial charge in [0, 0.05) is 5.02 Å². The van der Waals surface area contributed by atoms with Gasteiger partial charge in [-0.15, -0.1) is 0 Å². The Labute approximate surface area is 137 Å². The van der Waals surface area contributed by atoms with Crippen molar-refractivity contribution in [3.8, 4) is 0 Å². The van der Waals surface area contributed by atoms with Crippen LogP contribution in [-0.4, -0.2) is 30.0 Å². The monoisotopic (exact) mass is 376 g/mol. The van der Waals surface area contributed by atoms with Crippen molar-refractivity contribution < 1.29 is 19.1 Å². The Kier molecular flexibility index (Phi) is 7.18. The minimum absolute atomic E-state index is 0.234. The Balaban J connectivity index is 3.15. The number of esters is 2. The molecule has 0 unspecified atom stereocenters. The molecule has 0 amide bonds. The molecule has 0 fully saturated rings. The Morgan fingerprint density at radius 3 is 2.29 bits per heavy atom. The predicted octanol–water partition coefficient (Wildman–Crippen LogP) is 3.62. The molecule has 116 valence electrons. The van der Waals surface area contributed by atoms with E-state index in [2.05, 4.69) is 15.9 Å². The standard InChI is InChI=1S/C15H18BrClO4/c1-4-20-14(18)12(13(16)15(19)21-5-2)10-7-6-9(3)11(17)8-10/h6-8,12-13H,4-5H2,1-3H3/t12-,13+/m0/s1. The number of hydrogen-bond donors (Lipinski definition) is 0. The number of benzene rings is 1. The number of carbonyl (C=O) groups is 2. The summed E-state index contributed by atoms with van der Waals surface area (Å²) in [6, 6.07) is 5.23. The maximum atomic E-state index is 12.2. The lowest BCUT2D eigenvalue weighted by atomic mass is 9.95. The minimum atomic E-state index is -0.824. The first kappa shape index (κ1) is 18.0. The van der Waals surface area contributed by atoms with Gasteiger partial charge in [-0.1, -0.05) is 39.7 Å². The van der Waals surface area contributed by atoms with Crippen LogP contribution in [0.2, 0.25) is 5.02 Å². The highest BCUT2D eigenvalue weighted by Gasteiger charge is 2.35. The summed E-state index contributed by atoms with van der Waals surface area (Å²) < 4.78 is 10.0. The lowest BCUT2D eigenvalue weighted by Gasteiger charge is -2.20. The van der Waals surface area contributed by atoms with E-state index in [0.717, 1.165) is 5.56 Å². The summed E-state index contributed by atoms with van der Waals surface area (Å²) in [4.78, 5) is 23.3. The van der Waals surface area contributed by atoms with E-state index in [9.17, 15) is 9.59 Å². The fourth-order valence-corrected chi connectivity index (χ4v) is 2.66. The molecule has 0 spiro atoms. The second-order valence-corrected chi connectivity index (χ2v) is 5.79. The van der Waals surface area contributed by atoms with E-state index in [-0.39, 0.29) is 13.2 Å². The molecule has 0 heterocycles. The molecule has 4 nitrogen and oxygen atoms in total. The highest BCUT2D eigenvalue weighted by Crippen LogP contribution is 2.30. The van der Waals surface area contributed by atoms with Gasteiger partial charge in [0.25, 0.3) is 0 Å². The van der Waals surface area contributed by atoms with Gasteiger partial charge < -0.3 is 9.47 Å². The summed E-state index contributed by atoms with van der Waals surface area (Å²) in [6.07, 6.45) is 0. The van der Waals surface area contributed by atoms with Crippen molar-refractivity contribution in [3.05, 3.63) is 34.3 Å². The average Bonchev–Trinajstić information content (AvgIpc) is 2.43. The third kappa shape index (κ3) is 4.71. The van der Waals surface area contributed by atoms with E-state index in [1.165, 1.54) is 0 Å². The van der Waals surface area contributed by atoms with Crippen molar-refractivity contribution >= 4 is 39.5 Å². The van der Waals surface area contributed by atoms with Crippen LogP contribution in [0.4, 0.5) is 0 Å². The molecule has 1 aromatic carbocycles. The number of alkyl halides is 1. The second-order valence-electron chi connectivity index (χ2n) is 4.39. The van der Waals surface area contributed by atoms with Crippen LogP contribution in [-0.2, 0) is 19.1 Å². The van der Waals surface area contributed by atoms with Crippen molar-refractivity contribution in [2.24, 2.45) is 0 Å². The van der Waals surface area contributed by atoms with Crippen LogP contribution < -0.4 is 0 Å². The highest BCUT2D eigenvalue weighted by molar-refractivity contribution is 9.10. The van der Waals surface area contributed by atoms with Crippen molar-refractivity contribution in [3.63, 3.8) is 0 Å². The third-order valence-corrected chi connectivity index (χ3v) is 4.21. The zero-order valence-electron chi connectivity index (χ0n) is 12.2. The van der Waals surface area contributed by atoms with Gasteiger partial charge in [-0.05, 0) is 38.0 Å². The van der Waals surface area contributed by atoms with Gasteiger partial charge in [-0.3, -0.25) is 9.59 Å². The maximum absolute atomic E-state index is 12.2. The number of aryl methyl sites for hydroxylation is 1. The van der Waals surface area contributed by atoms with E-state index < -0.39 is 22.7 Å². The molecule has 0 aliphatic carbocycles. The van der Waals surface area contributed by atoms with Crippen molar-refractivity contribution in [1.82, 2.24) is 0 Å². The Hall–Kier alpha value is -1.07. The fourth-order valence-electron chi connectivity index (χ4n) is 1.82. The number of hydrogen-bond acceptors (Lipinski definition) is 4. The van der Waals surface area contributed by atoms with Crippen molar-refractivity contribution in [2.45, 2.75) is 31.5 Å². The van der Waals surface area contributed by atoms with Gasteiger partial charge in [0.15, 0.2) is 0 Å². The Bertz CT molecular complexity index is 518. The molecule has 0 aliphatic rings. The third-order valence-electron chi connectivity index (χ3n) is 2.90. The van der Waals surface area contributed by atoms with Crippen LogP contribution in [0.5, 0.6) is 0 Å². The van der Waals surface area contributed by atoms with Gasteiger partial charge in [0.2, 0.25) is 0 Å². The largest absolute Gasteiger partial charge is 0.465 e. The molecule has 1 rings (SSSR count). The average molecular weight is 378 g/mol. The smallest absolute Gasteiger partial charge is 0.320 e. The van der Waals surface area contributed by atoms with Crippen molar-refractivity contribution in [1.29, 1.82) is 0 Å². The van der Waals surface area contributed by atoms with Gasteiger partial charge >= 0.3 is 11.9 Å². The number of rotatable bonds is 6. The van der Waals surface area contributed by atoms with E-state index >= 15 is 0 Å². The lowest BCUT2D eigenvalue weighted by molar-refractivity contribution is -0.150.